The van der Waals surface area contributed by atoms with Gasteiger partial charge in [0.15, 0.2) is 0 Å². The molecule has 0 aromatic heterocycles. The first-order chi connectivity index (χ1) is 4.29. The van der Waals surface area contributed by atoms with Crippen molar-refractivity contribution >= 4 is 0 Å². The Morgan fingerprint density at radius 2 is 1.44 bits per heavy atom. The minimum Gasteiger partial charge on any atom is -0.0848 e. The van der Waals surface area contributed by atoms with Crippen LogP contribution in [0.15, 0.2) is 12.2 Å². The van der Waals surface area contributed by atoms with Crippen LogP contribution in [0.5, 0.6) is 0 Å². The fourth-order valence-corrected chi connectivity index (χ4v) is 2.32. The quantitative estimate of drug-likeness (QED) is 0.433. The van der Waals surface area contributed by atoms with Gasteiger partial charge in [-0.2, -0.15) is 0 Å². The second kappa shape index (κ2) is 1.62. The van der Waals surface area contributed by atoms with Gasteiger partial charge in [-0.15, -0.1) is 0 Å². The monoisotopic (exact) mass is 122 g/mol. The molecule has 0 heteroatoms. The van der Waals surface area contributed by atoms with Crippen LogP contribution in [0.3, 0.4) is 0 Å². The van der Waals surface area contributed by atoms with Crippen LogP contribution in [0.2, 0.25) is 0 Å². The van der Waals surface area contributed by atoms with E-state index in [4.69, 9.17) is 0 Å². The molecule has 0 heterocycles. The Hall–Kier alpha value is -0.260. The lowest BCUT2D eigenvalue weighted by molar-refractivity contribution is 0.364. The summed E-state index contributed by atoms with van der Waals surface area (Å²) in [5, 5.41) is 0. The van der Waals surface area contributed by atoms with Crippen LogP contribution in [0.1, 0.15) is 20.3 Å². The standard InChI is InChI=1S/C9H14/c1-6-7(2)9-4-3-8(6)5-9/h3-4,6-9H,5H2,1-2H3/t6-,7?,8-,9+/m1/s1. The molecule has 0 spiro atoms. The molecule has 9 heavy (non-hydrogen) atoms. The summed E-state index contributed by atoms with van der Waals surface area (Å²) in [5.74, 6) is 3.79. The minimum absolute atomic E-state index is 0.935. The van der Waals surface area contributed by atoms with Crippen LogP contribution in [0.25, 0.3) is 0 Å². The minimum atomic E-state index is 0.935. The van der Waals surface area contributed by atoms with Crippen LogP contribution < -0.4 is 0 Å². The predicted octanol–water partition coefficient (Wildman–Crippen LogP) is 2.46. The van der Waals surface area contributed by atoms with Gasteiger partial charge in [0.05, 0.1) is 0 Å². The number of rotatable bonds is 0. The molecule has 1 fully saturated rings. The molecule has 50 valence electrons. The molecular weight excluding hydrogens is 108 g/mol. The Balaban J connectivity index is 2.26. The van der Waals surface area contributed by atoms with E-state index in [-0.39, 0.29) is 0 Å². The maximum absolute atomic E-state index is 2.41. The highest BCUT2D eigenvalue weighted by atomic mass is 14.4. The van der Waals surface area contributed by atoms with E-state index in [0.717, 1.165) is 23.7 Å². The molecule has 0 nitrogen and oxygen atoms in total. The fraction of sp³-hybridized carbons (Fsp3) is 0.778. The summed E-state index contributed by atoms with van der Waals surface area (Å²) < 4.78 is 0. The van der Waals surface area contributed by atoms with Gasteiger partial charge in [-0.1, -0.05) is 26.0 Å². The summed E-state index contributed by atoms with van der Waals surface area (Å²) in [6.45, 7) is 4.78. The highest BCUT2D eigenvalue weighted by molar-refractivity contribution is 5.11. The lowest BCUT2D eigenvalue weighted by Gasteiger charge is -2.19. The third-order valence-corrected chi connectivity index (χ3v) is 3.33. The molecule has 0 aliphatic heterocycles. The summed E-state index contributed by atoms with van der Waals surface area (Å²) in [4.78, 5) is 0. The maximum atomic E-state index is 2.41. The van der Waals surface area contributed by atoms with Gasteiger partial charge in [0.25, 0.3) is 0 Å². The van der Waals surface area contributed by atoms with Crippen molar-refractivity contribution in [2.24, 2.45) is 23.7 Å². The molecule has 2 bridgehead atoms. The molecule has 0 N–H and O–H groups in total. The van der Waals surface area contributed by atoms with Gasteiger partial charge in [0.1, 0.15) is 0 Å². The molecule has 2 rings (SSSR count). The Morgan fingerprint density at radius 3 is 1.67 bits per heavy atom. The highest BCUT2D eigenvalue weighted by Crippen LogP contribution is 2.47. The smallest absolute Gasteiger partial charge is 0.0199 e. The van der Waals surface area contributed by atoms with Gasteiger partial charge < -0.3 is 0 Å². The molecule has 2 aliphatic carbocycles. The van der Waals surface area contributed by atoms with Crippen molar-refractivity contribution < 1.29 is 0 Å². The van der Waals surface area contributed by atoms with Crippen LogP contribution in [0.4, 0.5) is 0 Å². The zero-order valence-corrected chi connectivity index (χ0v) is 6.17. The molecule has 0 amide bonds. The van der Waals surface area contributed by atoms with Crippen molar-refractivity contribution in [2.45, 2.75) is 20.3 Å². The van der Waals surface area contributed by atoms with E-state index >= 15 is 0 Å². The number of fused-ring (bicyclic) bond motifs is 2. The van der Waals surface area contributed by atoms with E-state index in [2.05, 4.69) is 26.0 Å². The van der Waals surface area contributed by atoms with Gasteiger partial charge in [-0.25, -0.2) is 0 Å². The average Bonchev–Trinajstić information content (AvgIpc) is 2.37. The SMILES string of the molecule is CC1[C@@H](C)[C@@H]2C=C[C@H]1C2. The summed E-state index contributed by atoms with van der Waals surface area (Å²) in [7, 11) is 0. The summed E-state index contributed by atoms with van der Waals surface area (Å²) >= 11 is 0. The van der Waals surface area contributed by atoms with Gasteiger partial charge in [0, 0.05) is 0 Å². The van der Waals surface area contributed by atoms with E-state index in [1.165, 1.54) is 6.42 Å². The van der Waals surface area contributed by atoms with Crippen LogP contribution in [-0.2, 0) is 0 Å². The molecule has 4 atom stereocenters. The van der Waals surface area contributed by atoms with Crippen molar-refractivity contribution in [3.8, 4) is 0 Å². The Labute approximate surface area is 57.0 Å². The molecule has 0 aromatic carbocycles. The topological polar surface area (TPSA) is 0 Å². The summed E-state index contributed by atoms with van der Waals surface area (Å²) in [5.41, 5.74) is 0. The van der Waals surface area contributed by atoms with E-state index in [1.54, 1.807) is 0 Å². The van der Waals surface area contributed by atoms with Gasteiger partial charge >= 0.3 is 0 Å². The summed E-state index contributed by atoms with van der Waals surface area (Å²) in [6, 6.07) is 0. The molecule has 2 aliphatic rings. The van der Waals surface area contributed by atoms with Crippen molar-refractivity contribution in [3.05, 3.63) is 12.2 Å². The Kier molecular flexibility index (Phi) is 0.992. The fourth-order valence-electron chi connectivity index (χ4n) is 2.32. The second-order valence-electron chi connectivity index (χ2n) is 3.67. The van der Waals surface area contributed by atoms with Gasteiger partial charge in [0.2, 0.25) is 0 Å². The van der Waals surface area contributed by atoms with E-state index in [0.29, 0.717) is 0 Å². The summed E-state index contributed by atoms with van der Waals surface area (Å²) in [6.07, 6.45) is 6.27. The molecule has 0 radical (unpaired) electrons. The zero-order valence-electron chi connectivity index (χ0n) is 6.17. The van der Waals surface area contributed by atoms with Crippen molar-refractivity contribution in [1.29, 1.82) is 0 Å². The zero-order chi connectivity index (χ0) is 6.43. The average molecular weight is 122 g/mol. The number of hydrogen-bond acceptors (Lipinski definition) is 0. The van der Waals surface area contributed by atoms with E-state index in [9.17, 15) is 0 Å². The van der Waals surface area contributed by atoms with Gasteiger partial charge in [-0.05, 0) is 30.1 Å². The lowest BCUT2D eigenvalue weighted by atomic mass is 9.86. The Bertz CT molecular complexity index is 130. The highest BCUT2D eigenvalue weighted by Gasteiger charge is 2.38. The van der Waals surface area contributed by atoms with Crippen LogP contribution in [-0.4, -0.2) is 0 Å². The first-order valence-electron chi connectivity index (χ1n) is 3.97. The first-order valence-corrected chi connectivity index (χ1v) is 3.97. The maximum Gasteiger partial charge on any atom is -0.0199 e. The predicted molar refractivity (Wildman–Crippen MR) is 39.1 cm³/mol. The van der Waals surface area contributed by atoms with Crippen molar-refractivity contribution in [2.75, 3.05) is 0 Å². The lowest BCUT2D eigenvalue weighted by Crippen LogP contribution is -2.12. The van der Waals surface area contributed by atoms with Crippen molar-refractivity contribution in [3.63, 3.8) is 0 Å². The third kappa shape index (κ3) is 0.593. The first kappa shape index (κ1) is 5.52. The molecule has 1 unspecified atom stereocenters. The second-order valence-corrected chi connectivity index (χ2v) is 3.67. The van der Waals surface area contributed by atoms with Gasteiger partial charge in [-0.3, -0.25) is 0 Å². The van der Waals surface area contributed by atoms with E-state index < -0.39 is 0 Å². The largest absolute Gasteiger partial charge is 0.0848 e. The van der Waals surface area contributed by atoms with Crippen LogP contribution in [0, 0.1) is 23.7 Å². The Morgan fingerprint density at radius 1 is 1.00 bits per heavy atom. The molecule has 0 aromatic rings. The molecule has 1 saturated carbocycles. The van der Waals surface area contributed by atoms with Crippen molar-refractivity contribution in [1.82, 2.24) is 0 Å². The normalized spacial score (nSPS) is 54.9. The number of allylic oxidation sites excluding steroid dienone is 2. The molecule has 0 saturated heterocycles. The van der Waals surface area contributed by atoms with E-state index in [1.807, 2.05) is 0 Å². The third-order valence-electron chi connectivity index (χ3n) is 3.33. The number of hydrogen-bond donors (Lipinski definition) is 0. The van der Waals surface area contributed by atoms with Crippen LogP contribution >= 0.6 is 0 Å². The molecular formula is C9H14.